The third-order valence-electron chi connectivity index (χ3n) is 5.60. The Kier molecular flexibility index (Phi) is 8.05. The van der Waals surface area contributed by atoms with Crippen LogP contribution in [0.15, 0.2) is 55.0 Å². The molecule has 0 spiro atoms. The largest absolute Gasteiger partial charge is 0.490 e. The molecule has 0 aliphatic carbocycles. The molecule has 1 aliphatic rings. The molecule has 3 N–H and O–H groups in total. The molecule has 9 nitrogen and oxygen atoms in total. The standard InChI is InChI=1S/C23H23FN6O.C2HF3O2/c1-2-15-9-16(11-18(10-15)31-17-7-8-25-12-17)28-23-26-13-19(24)22(29-23)30-14-27-20-5-3-4-6-21(20)30;3-2(4,5)1(6)7/h3-6,9-11,13-14,17,25H,2,7-8,12H2,1H3,(H,26,28,29);(H,6,7). The molecule has 1 saturated heterocycles. The Hall–Kier alpha value is -4.26. The van der Waals surface area contributed by atoms with E-state index in [0.29, 0.717) is 5.95 Å². The number of carboxylic acids is 1. The molecule has 0 amide bonds. The highest BCUT2D eigenvalue weighted by Gasteiger charge is 2.38. The fourth-order valence-electron chi connectivity index (χ4n) is 3.77. The zero-order valence-corrected chi connectivity index (χ0v) is 20.2. The van der Waals surface area contributed by atoms with Crippen molar-refractivity contribution in [1.82, 2.24) is 24.8 Å². The summed E-state index contributed by atoms with van der Waals surface area (Å²) >= 11 is 0. The van der Waals surface area contributed by atoms with Crippen molar-refractivity contribution < 1.29 is 32.2 Å². The number of ether oxygens (including phenoxy) is 1. The quantitative estimate of drug-likeness (QED) is 0.308. The predicted octanol–water partition coefficient (Wildman–Crippen LogP) is 4.63. The molecule has 0 radical (unpaired) electrons. The van der Waals surface area contributed by atoms with E-state index in [9.17, 15) is 17.6 Å². The van der Waals surface area contributed by atoms with Crippen molar-refractivity contribution in [3.05, 3.63) is 66.4 Å². The van der Waals surface area contributed by atoms with Gasteiger partial charge in [-0.25, -0.2) is 19.2 Å². The van der Waals surface area contributed by atoms with Crippen LogP contribution in [0.1, 0.15) is 18.9 Å². The first kappa shape index (κ1) is 26.8. The van der Waals surface area contributed by atoms with E-state index < -0.39 is 18.0 Å². The van der Waals surface area contributed by atoms with Gasteiger partial charge in [0.15, 0.2) is 11.6 Å². The lowest BCUT2D eigenvalue weighted by Gasteiger charge is -2.15. The van der Waals surface area contributed by atoms with Crippen LogP contribution in [0, 0.1) is 5.82 Å². The lowest BCUT2D eigenvalue weighted by atomic mass is 10.1. The van der Waals surface area contributed by atoms with Crippen LogP contribution < -0.4 is 15.4 Å². The van der Waals surface area contributed by atoms with Gasteiger partial charge in [-0.05, 0) is 49.2 Å². The van der Waals surface area contributed by atoms with Crippen LogP contribution in [-0.2, 0) is 11.2 Å². The number of benzene rings is 2. The zero-order valence-electron chi connectivity index (χ0n) is 20.2. The van der Waals surface area contributed by atoms with Crippen LogP contribution in [0.25, 0.3) is 16.9 Å². The number of imidazole rings is 1. The van der Waals surface area contributed by atoms with Crippen LogP contribution in [0.5, 0.6) is 5.75 Å². The maximum Gasteiger partial charge on any atom is 0.490 e. The molecular weight excluding hydrogens is 508 g/mol. The number of nitrogens with one attached hydrogen (secondary N) is 2. The Bertz CT molecular complexity index is 1420. The number of nitrogens with zero attached hydrogens (tertiary/aromatic N) is 4. The fourth-order valence-corrected chi connectivity index (χ4v) is 3.77. The molecule has 0 bridgehead atoms. The fraction of sp³-hybridized carbons (Fsp3) is 0.280. The van der Waals surface area contributed by atoms with E-state index in [4.69, 9.17) is 14.6 Å². The summed E-state index contributed by atoms with van der Waals surface area (Å²) in [5, 5.41) is 13.6. The number of carboxylic acid groups (broad SMARTS) is 1. The Morgan fingerprint density at radius 2 is 2.00 bits per heavy atom. The van der Waals surface area contributed by atoms with E-state index >= 15 is 0 Å². The van der Waals surface area contributed by atoms with Gasteiger partial charge in [-0.3, -0.25) is 4.57 Å². The second kappa shape index (κ2) is 11.4. The summed E-state index contributed by atoms with van der Waals surface area (Å²) in [6.45, 7) is 3.91. The molecule has 13 heteroatoms. The van der Waals surface area contributed by atoms with Gasteiger partial charge in [0, 0.05) is 18.3 Å². The average Bonchev–Trinajstić information content (AvgIpc) is 3.55. The van der Waals surface area contributed by atoms with Crippen molar-refractivity contribution in [2.24, 2.45) is 0 Å². The maximum absolute atomic E-state index is 14.6. The number of hydrogen-bond donors (Lipinski definition) is 3. The minimum absolute atomic E-state index is 0.145. The molecule has 3 heterocycles. The molecular formula is C25H24F4N6O3. The second-order valence-corrected chi connectivity index (χ2v) is 8.35. The highest BCUT2D eigenvalue weighted by molar-refractivity contribution is 5.77. The minimum atomic E-state index is -5.08. The molecule has 0 saturated carbocycles. The van der Waals surface area contributed by atoms with Crippen LogP contribution in [-0.4, -0.2) is 56.0 Å². The van der Waals surface area contributed by atoms with E-state index in [2.05, 4.69) is 38.6 Å². The van der Waals surface area contributed by atoms with E-state index in [1.165, 1.54) is 6.20 Å². The number of fused-ring (bicyclic) bond motifs is 1. The van der Waals surface area contributed by atoms with E-state index in [1.54, 1.807) is 10.9 Å². The van der Waals surface area contributed by atoms with E-state index in [1.807, 2.05) is 36.4 Å². The number of anilines is 2. The molecule has 2 aromatic carbocycles. The predicted molar refractivity (Wildman–Crippen MR) is 131 cm³/mol. The van der Waals surface area contributed by atoms with Gasteiger partial charge in [-0.15, -0.1) is 0 Å². The Morgan fingerprint density at radius 1 is 1.24 bits per heavy atom. The number of alkyl halides is 3. The summed E-state index contributed by atoms with van der Waals surface area (Å²) in [5.41, 5.74) is 3.48. The van der Waals surface area contributed by atoms with Crippen LogP contribution in [0.2, 0.25) is 0 Å². The number of aliphatic carboxylic acids is 1. The molecule has 1 aliphatic heterocycles. The third-order valence-corrected chi connectivity index (χ3v) is 5.60. The summed E-state index contributed by atoms with van der Waals surface area (Å²) in [4.78, 5) is 21.8. The molecule has 2 aromatic heterocycles. The van der Waals surface area contributed by atoms with Crippen molar-refractivity contribution in [2.75, 3.05) is 18.4 Å². The SMILES string of the molecule is CCc1cc(Nc2ncc(F)c(-n3cnc4ccccc43)n2)cc(OC2CCNC2)c1.O=C(O)C(F)(F)F. The van der Waals surface area contributed by atoms with E-state index in [0.717, 1.165) is 54.0 Å². The van der Waals surface area contributed by atoms with Gasteiger partial charge in [0.05, 0.1) is 17.2 Å². The van der Waals surface area contributed by atoms with Crippen LogP contribution >= 0.6 is 0 Å². The highest BCUT2D eigenvalue weighted by Crippen LogP contribution is 2.26. The first-order chi connectivity index (χ1) is 18.1. The highest BCUT2D eigenvalue weighted by atomic mass is 19.4. The minimum Gasteiger partial charge on any atom is -0.489 e. The van der Waals surface area contributed by atoms with Crippen molar-refractivity contribution in [2.45, 2.75) is 32.0 Å². The number of halogens is 4. The summed E-state index contributed by atoms with van der Waals surface area (Å²) in [6.07, 6.45) is -0.319. The van der Waals surface area contributed by atoms with Gasteiger partial charge in [0.1, 0.15) is 18.2 Å². The van der Waals surface area contributed by atoms with Crippen molar-refractivity contribution in [3.8, 4) is 11.6 Å². The number of hydrogen-bond acceptors (Lipinski definition) is 7. The molecule has 1 fully saturated rings. The third kappa shape index (κ3) is 6.54. The summed E-state index contributed by atoms with van der Waals surface area (Å²) in [6, 6.07) is 13.5. The summed E-state index contributed by atoms with van der Waals surface area (Å²) < 4.78 is 54.1. The number of carbonyl (C=O) groups is 1. The molecule has 4 aromatic rings. The van der Waals surface area contributed by atoms with Gasteiger partial charge in [-0.1, -0.05) is 19.1 Å². The normalized spacial score (nSPS) is 15.1. The van der Waals surface area contributed by atoms with Crippen LogP contribution in [0.3, 0.4) is 0 Å². The second-order valence-electron chi connectivity index (χ2n) is 8.35. The average molecular weight is 532 g/mol. The zero-order chi connectivity index (χ0) is 27.3. The maximum atomic E-state index is 14.6. The van der Waals surface area contributed by atoms with Crippen molar-refractivity contribution >= 4 is 28.6 Å². The Morgan fingerprint density at radius 3 is 2.68 bits per heavy atom. The topological polar surface area (TPSA) is 114 Å². The smallest absolute Gasteiger partial charge is 0.489 e. The molecule has 1 unspecified atom stereocenters. The Balaban J connectivity index is 0.000000426. The lowest BCUT2D eigenvalue weighted by molar-refractivity contribution is -0.192. The first-order valence-electron chi connectivity index (χ1n) is 11.7. The number of aryl methyl sites for hydroxylation is 1. The van der Waals surface area contributed by atoms with Gasteiger partial charge in [-0.2, -0.15) is 18.2 Å². The monoisotopic (exact) mass is 532 g/mol. The summed E-state index contributed by atoms with van der Waals surface area (Å²) in [5.74, 6) is -2.03. The summed E-state index contributed by atoms with van der Waals surface area (Å²) in [7, 11) is 0. The number of rotatable bonds is 6. The number of para-hydroxylation sites is 2. The van der Waals surface area contributed by atoms with Crippen molar-refractivity contribution in [3.63, 3.8) is 0 Å². The van der Waals surface area contributed by atoms with E-state index in [-0.39, 0.29) is 11.9 Å². The molecule has 200 valence electrons. The van der Waals surface area contributed by atoms with Crippen molar-refractivity contribution in [1.29, 1.82) is 0 Å². The van der Waals surface area contributed by atoms with Crippen LogP contribution in [0.4, 0.5) is 29.2 Å². The first-order valence-corrected chi connectivity index (χ1v) is 11.7. The lowest BCUT2D eigenvalue weighted by Crippen LogP contribution is -2.21. The molecule has 5 rings (SSSR count). The van der Waals surface area contributed by atoms with Gasteiger partial charge in [0.2, 0.25) is 5.95 Å². The molecule has 1 atom stereocenters. The number of aromatic nitrogens is 4. The Labute approximate surface area is 214 Å². The molecule has 38 heavy (non-hydrogen) atoms. The van der Waals surface area contributed by atoms with Gasteiger partial charge < -0.3 is 20.5 Å². The van der Waals surface area contributed by atoms with Gasteiger partial charge in [0.25, 0.3) is 0 Å². The van der Waals surface area contributed by atoms with Gasteiger partial charge >= 0.3 is 12.1 Å².